The van der Waals surface area contributed by atoms with Gasteiger partial charge in [-0.05, 0) is 64.6 Å². The second-order valence-corrected chi connectivity index (χ2v) is 14.2. The molecular formula is C38H49N5O8. The normalized spacial score (nSPS) is 23.8. The molecule has 4 aliphatic heterocycles. The van der Waals surface area contributed by atoms with E-state index >= 15 is 0 Å². The number of likely N-dealkylation sites (N-methyl/N-ethyl adjacent to an activating group) is 1. The third-order valence-corrected chi connectivity index (χ3v) is 11.0. The van der Waals surface area contributed by atoms with Crippen LogP contribution in [0.5, 0.6) is 28.7 Å². The molecule has 2 amide bonds. The van der Waals surface area contributed by atoms with Crippen LogP contribution in [0.15, 0.2) is 6.07 Å². The summed E-state index contributed by atoms with van der Waals surface area (Å²) in [6, 6.07) is 1.61. The number of esters is 1. The largest absolute Gasteiger partial charge is 0.504 e. The zero-order valence-corrected chi connectivity index (χ0v) is 30.6. The molecule has 4 aliphatic rings. The third-order valence-electron chi connectivity index (χ3n) is 11.0. The third kappa shape index (κ3) is 6.33. The zero-order chi connectivity index (χ0) is 36.7. The number of nitrogens with zero attached hydrogens (tertiary/aromatic N) is 3. The number of amides is 2. The fourth-order valence-corrected chi connectivity index (χ4v) is 8.80. The van der Waals surface area contributed by atoms with Crippen LogP contribution >= 0.6 is 0 Å². The van der Waals surface area contributed by atoms with Crippen LogP contribution in [0.4, 0.5) is 0 Å². The Morgan fingerprint density at radius 3 is 2.57 bits per heavy atom. The van der Waals surface area contributed by atoms with E-state index in [9.17, 15) is 24.8 Å². The molecule has 0 saturated carbocycles. The molecule has 2 bridgehead atoms. The quantitative estimate of drug-likeness (QED) is 0.186. The lowest BCUT2D eigenvalue weighted by Crippen LogP contribution is -2.66. The standard InChI is InChI=1S/C38H49N5O8/c1-8-9-10-11-29(45)41-21(4)38(47)40-17-28-31-24(35(51-22(5)44)20(3)36-37(31)50-18-49-36)15-26-32-30-23(14-19(2)34(48-7)33(30)46)12-13-25(42(32)6)27(16-39)43(26)28/h14,21,25-28,32,46H,8-13,15,17-18H2,1-7H3,(H,40,47)(H,41,45)/t21-,25-,26?,27-,28-,32-/m0/s1. The van der Waals surface area contributed by atoms with E-state index < -0.39 is 36.2 Å². The molecule has 2 aromatic carbocycles. The van der Waals surface area contributed by atoms with Crippen molar-refractivity contribution in [1.82, 2.24) is 20.4 Å². The molecule has 1 fully saturated rings. The first-order valence-corrected chi connectivity index (χ1v) is 17.9. The highest BCUT2D eigenvalue weighted by Crippen LogP contribution is 2.57. The van der Waals surface area contributed by atoms with Gasteiger partial charge in [0.25, 0.3) is 0 Å². The summed E-state index contributed by atoms with van der Waals surface area (Å²) in [4.78, 5) is 43.1. The van der Waals surface area contributed by atoms with Crippen molar-refractivity contribution in [2.24, 2.45) is 0 Å². The molecular weight excluding hydrogens is 654 g/mol. The number of methoxy groups -OCH3 is 1. The van der Waals surface area contributed by atoms with Crippen LogP contribution in [-0.4, -0.2) is 84.4 Å². The molecule has 6 atom stereocenters. The predicted octanol–water partition coefficient (Wildman–Crippen LogP) is 4.03. The van der Waals surface area contributed by atoms with Crippen molar-refractivity contribution in [2.75, 3.05) is 27.5 Å². The maximum Gasteiger partial charge on any atom is 0.308 e. The number of carbonyl (C=O) groups excluding carboxylic acids is 3. The number of phenolic OH excluding ortho intramolecular Hbond substituents is 1. The van der Waals surface area contributed by atoms with Crippen LogP contribution < -0.4 is 29.6 Å². The van der Waals surface area contributed by atoms with Crippen molar-refractivity contribution < 1.29 is 38.4 Å². The van der Waals surface area contributed by atoms with Gasteiger partial charge >= 0.3 is 5.97 Å². The van der Waals surface area contributed by atoms with Crippen LogP contribution in [0.2, 0.25) is 0 Å². The Labute approximate surface area is 299 Å². The van der Waals surface area contributed by atoms with Gasteiger partial charge in [0.05, 0.1) is 25.3 Å². The van der Waals surface area contributed by atoms with Crippen molar-refractivity contribution in [1.29, 1.82) is 5.26 Å². The Hall–Kier alpha value is -4.54. The van der Waals surface area contributed by atoms with Gasteiger partial charge in [-0.25, -0.2) is 0 Å². The lowest BCUT2D eigenvalue weighted by atomic mass is 9.76. The van der Waals surface area contributed by atoms with Crippen molar-refractivity contribution >= 4 is 17.8 Å². The summed E-state index contributed by atoms with van der Waals surface area (Å²) in [7, 11) is 3.53. The van der Waals surface area contributed by atoms with Gasteiger partial charge in [-0.2, -0.15) is 5.26 Å². The number of hydrogen-bond acceptors (Lipinski definition) is 11. The van der Waals surface area contributed by atoms with Crippen LogP contribution in [0.3, 0.4) is 0 Å². The van der Waals surface area contributed by atoms with Crippen molar-refractivity contribution in [3.8, 4) is 34.8 Å². The van der Waals surface area contributed by atoms with E-state index in [1.165, 1.54) is 14.0 Å². The van der Waals surface area contributed by atoms with Gasteiger partial charge in [0.15, 0.2) is 23.0 Å². The maximum atomic E-state index is 13.6. The number of fused-ring (bicyclic) bond motifs is 9. The van der Waals surface area contributed by atoms with Crippen LogP contribution in [0, 0.1) is 25.2 Å². The summed E-state index contributed by atoms with van der Waals surface area (Å²) < 4.78 is 23.7. The Bertz CT molecular complexity index is 1770. The second-order valence-electron chi connectivity index (χ2n) is 14.2. The Kier molecular flexibility index (Phi) is 10.4. The second kappa shape index (κ2) is 14.6. The minimum absolute atomic E-state index is 0.0359. The molecule has 0 aromatic heterocycles. The molecule has 51 heavy (non-hydrogen) atoms. The highest BCUT2D eigenvalue weighted by Gasteiger charge is 2.56. The first-order valence-electron chi connectivity index (χ1n) is 17.9. The van der Waals surface area contributed by atoms with Gasteiger partial charge in [0.1, 0.15) is 17.8 Å². The highest BCUT2D eigenvalue weighted by atomic mass is 16.7. The number of aryl methyl sites for hydroxylation is 2. The summed E-state index contributed by atoms with van der Waals surface area (Å²) in [5, 5.41) is 28.6. The number of nitrogens with one attached hydrogen (secondary N) is 2. The van der Waals surface area contributed by atoms with Gasteiger partial charge in [-0.1, -0.05) is 25.8 Å². The molecule has 13 heteroatoms. The minimum Gasteiger partial charge on any atom is -0.504 e. The van der Waals surface area contributed by atoms with E-state index in [0.717, 1.165) is 41.5 Å². The summed E-state index contributed by atoms with van der Waals surface area (Å²) in [6.07, 6.45) is 4.66. The molecule has 13 nitrogen and oxygen atoms in total. The molecule has 0 spiro atoms. The van der Waals surface area contributed by atoms with E-state index in [1.807, 2.05) is 20.9 Å². The topological polar surface area (TPSA) is 163 Å². The van der Waals surface area contributed by atoms with Gasteiger partial charge in [0.2, 0.25) is 18.6 Å². The molecule has 0 aliphatic carbocycles. The smallest absolute Gasteiger partial charge is 0.308 e. The zero-order valence-electron chi connectivity index (χ0n) is 30.6. The SMILES string of the molecule is CCCCCC(=O)N[C@@H](C)C(=O)NC[C@H]1c2c(c(OC(C)=O)c(C)c3c2OCO3)CC2[C@H]3c4c(cc(C)c(OC)c4O)CC[C@@H]([C@H](C#N)N21)N3C. The molecule has 0 radical (unpaired) electrons. The first kappa shape index (κ1) is 36.3. The predicted molar refractivity (Wildman–Crippen MR) is 187 cm³/mol. The lowest BCUT2D eigenvalue weighted by Gasteiger charge is -2.57. The summed E-state index contributed by atoms with van der Waals surface area (Å²) in [5.41, 5.74) is 4.58. The van der Waals surface area contributed by atoms with Crippen molar-refractivity contribution in [3.05, 3.63) is 39.4 Å². The van der Waals surface area contributed by atoms with Gasteiger partial charge < -0.3 is 34.7 Å². The monoisotopic (exact) mass is 703 g/mol. The van der Waals surface area contributed by atoms with Crippen molar-refractivity contribution in [2.45, 2.75) is 116 Å². The molecule has 274 valence electrons. The summed E-state index contributed by atoms with van der Waals surface area (Å²) >= 11 is 0. The van der Waals surface area contributed by atoms with Crippen molar-refractivity contribution in [3.63, 3.8) is 0 Å². The number of hydrogen-bond donors (Lipinski definition) is 3. The maximum absolute atomic E-state index is 13.6. The molecule has 1 saturated heterocycles. The Morgan fingerprint density at radius 2 is 1.88 bits per heavy atom. The molecule has 4 heterocycles. The van der Waals surface area contributed by atoms with Gasteiger partial charge in [-0.15, -0.1) is 0 Å². The van der Waals surface area contributed by atoms with Crippen LogP contribution in [0.25, 0.3) is 0 Å². The summed E-state index contributed by atoms with van der Waals surface area (Å²) in [6.45, 7) is 8.82. The number of phenols is 1. The van der Waals surface area contributed by atoms with Crippen LogP contribution in [0.1, 0.15) is 98.3 Å². The highest BCUT2D eigenvalue weighted by molar-refractivity contribution is 5.87. The minimum atomic E-state index is -0.792. The summed E-state index contributed by atoms with van der Waals surface area (Å²) in [5.74, 6) is 0.736. The van der Waals surface area contributed by atoms with E-state index in [0.29, 0.717) is 59.8 Å². The molecule has 6 rings (SSSR count). The number of aromatic hydroxyl groups is 1. The lowest BCUT2D eigenvalue weighted by molar-refractivity contribution is -0.132. The number of rotatable bonds is 10. The van der Waals surface area contributed by atoms with Crippen LogP contribution in [-0.2, 0) is 27.2 Å². The molecule has 2 aromatic rings. The number of nitriles is 1. The number of piperazine rings is 1. The number of ether oxygens (including phenoxy) is 4. The first-order chi connectivity index (χ1) is 24.4. The number of benzene rings is 2. The Morgan fingerprint density at radius 1 is 1.14 bits per heavy atom. The fourth-order valence-electron chi connectivity index (χ4n) is 8.80. The van der Waals surface area contributed by atoms with E-state index in [1.54, 1.807) is 6.92 Å². The molecule has 3 N–H and O–H groups in total. The van der Waals surface area contributed by atoms with E-state index in [4.69, 9.17) is 18.9 Å². The van der Waals surface area contributed by atoms with E-state index in [-0.39, 0.29) is 36.9 Å². The number of unbranched alkanes of at least 4 members (excludes halogenated alkanes) is 2. The number of carbonyl (C=O) groups is 3. The Balaban J connectivity index is 1.49. The van der Waals surface area contributed by atoms with Gasteiger partial charge in [0, 0.05) is 54.2 Å². The molecule has 1 unspecified atom stereocenters. The fraction of sp³-hybridized carbons (Fsp3) is 0.579. The average Bonchev–Trinajstić information content (AvgIpc) is 3.55. The average molecular weight is 704 g/mol. The van der Waals surface area contributed by atoms with Gasteiger partial charge in [-0.3, -0.25) is 24.2 Å². The van der Waals surface area contributed by atoms with E-state index in [2.05, 4.69) is 39.5 Å².